The molecule has 0 radical (unpaired) electrons. The number of amides is 1. The quantitative estimate of drug-likeness (QED) is 0.851. The molecule has 4 nitrogen and oxygen atoms in total. The van der Waals surface area contributed by atoms with Gasteiger partial charge in [-0.25, -0.2) is 0 Å². The molecular formula is C14H19N3O. The molecule has 0 saturated heterocycles. The molecule has 0 fully saturated rings. The van der Waals surface area contributed by atoms with Crippen molar-refractivity contribution in [1.29, 1.82) is 0 Å². The molecule has 0 atom stereocenters. The highest BCUT2D eigenvalue weighted by molar-refractivity contribution is 5.89. The second-order valence-corrected chi connectivity index (χ2v) is 5.50. The van der Waals surface area contributed by atoms with Crippen LogP contribution in [0.3, 0.4) is 0 Å². The third-order valence-electron chi connectivity index (χ3n) is 3.07. The number of aromatic nitrogens is 2. The van der Waals surface area contributed by atoms with Gasteiger partial charge in [0.2, 0.25) is 5.91 Å². The molecule has 2 heterocycles. The van der Waals surface area contributed by atoms with Gasteiger partial charge >= 0.3 is 0 Å². The number of carbonyl (C=O) groups excluding carboxylic acids is 1. The Labute approximate surface area is 107 Å². The summed E-state index contributed by atoms with van der Waals surface area (Å²) >= 11 is 0. The molecule has 2 aromatic rings. The van der Waals surface area contributed by atoms with E-state index in [4.69, 9.17) is 0 Å². The minimum absolute atomic E-state index is 0.0254. The largest absolute Gasteiger partial charge is 0.359 e. The maximum Gasteiger partial charge on any atom is 0.224 e. The number of hydrogen-bond donors (Lipinski definition) is 2. The molecule has 0 aliphatic rings. The normalized spacial score (nSPS) is 11.8. The number of nitrogens with zero attached hydrogens (tertiary/aromatic N) is 1. The molecule has 2 aromatic heterocycles. The van der Waals surface area contributed by atoms with Crippen molar-refractivity contribution in [2.45, 2.75) is 32.6 Å². The van der Waals surface area contributed by atoms with Crippen LogP contribution in [-0.4, -0.2) is 22.9 Å². The molecule has 0 bridgehead atoms. The summed E-state index contributed by atoms with van der Waals surface area (Å²) in [6.45, 7) is 6.41. The lowest BCUT2D eigenvalue weighted by Gasteiger charge is -2.19. The van der Waals surface area contributed by atoms with E-state index >= 15 is 0 Å². The van der Waals surface area contributed by atoms with Crippen molar-refractivity contribution in [1.82, 2.24) is 15.3 Å². The van der Waals surface area contributed by atoms with Gasteiger partial charge in [-0.1, -0.05) is 20.8 Å². The summed E-state index contributed by atoms with van der Waals surface area (Å²) in [6.07, 6.45) is 3.96. The third kappa shape index (κ3) is 2.23. The Morgan fingerprint density at radius 1 is 1.44 bits per heavy atom. The van der Waals surface area contributed by atoms with Crippen molar-refractivity contribution >= 4 is 16.8 Å². The maximum atomic E-state index is 11.7. The Morgan fingerprint density at radius 2 is 2.17 bits per heavy atom. The van der Waals surface area contributed by atoms with Gasteiger partial charge in [0.25, 0.3) is 0 Å². The fourth-order valence-corrected chi connectivity index (χ4v) is 2.17. The molecule has 0 saturated carbocycles. The topological polar surface area (TPSA) is 57.8 Å². The van der Waals surface area contributed by atoms with Crippen LogP contribution in [-0.2, 0) is 16.6 Å². The van der Waals surface area contributed by atoms with Gasteiger partial charge in [-0.3, -0.25) is 9.78 Å². The summed E-state index contributed by atoms with van der Waals surface area (Å²) in [5.74, 6) is 0.0261. The average Bonchev–Trinajstić information content (AvgIpc) is 2.68. The zero-order valence-corrected chi connectivity index (χ0v) is 11.3. The van der Waals surface area contributed by atoms with Crippen LogP contribution in [0.15, 0.2) is 18.5 Å². The van der Waals surface area contributed by atoms with Crippen molar-refractivity contribution < 1.29 is 4.79 Å². The van der Waals surface area contributed by atoms with Crippen LogP contribution >= 0.6 is 0 Å². The zero-order valence-electron chi connectivity index (χ0n) is 11.3. The summed E-state index contributed by atoms with van der Waals surface area (Å²) in [4.78, 5) is 19.2. The van der Waals surface area contributed by atoms with Gasteiger partial charge in [-0.15, -0.1) is 0 Å². The van der Waals surface area contributed by atoms with Gasteiger partial charge in [0.15, 0.2) is 0 Å². The van der Waals surface area contributed by atoms with Crippen molar-refractivity contribution in [2.24, 2.45) is 0 Å². The third-order valence-corrected chi connectivity index (χ3v) is 3.07. The van der Waals surface area contributed by atoms with E-state index < -0.39 is 0 Å². The molecule has 0 aliphatic heterocycles. The van der Waals surface area contributed by atoms with Crippen molar-refractivity contribution in [3.8, 4) is 0 Å². The van der Waals surface area contributed by atoms with Crippen molar-refractivity contribution in [2.75, 3.05) is 7.05 Å². The van der Waals surface area contributed by atoms with E-state index in [1.807, 2.05) is 6.07 Å². The van der Waals surface area contributed by atoms with E-state index in [-0.39, 0.29) is 11.3 Å². The van der Waals surface area contributed by atoms with Crippen LogP contribution in [0.2, 0.25) is 0 Å². The highest BCUT2D eigenvalue weighted by atomic mass is 16.1. The standard InChI is InChI=1S/C14H19N3O/c1-14(2,3)13-10(7-12(18)15-4)9-5-6-16-8-11(9)17-13/h5-6,8,17H,7H2,1-4H3,(H,15,18). The van der Waals surface area contributed by atoms with Crippen LogP contribution in [0.1, 0.15) is 32.0 Å². The number of H-pyrrole nitrogens is 1. The minimum Gasteiger partial charge on any atom is -0.359 e. The first-order valence-corrected chi connectivity index (χ1v) is 6.09. The first-order chi connectivity index (χ1) is 8.43. The van der Waals surface area contributed by atoms with Gasteiger partial charge in [0.05, 0.1) is 18.1 Å². The van der Waals surface area contributed by atoms with Crippen LogP contribution in [0.4, 0.5) is 0 Å². The van der Waals surface area contributed by atoms with Gasteiger partial charge in [0.1, 0.15) is 0 Å². The predicted octanol–water partition coefficient (Wildman–Crippen LogP) is 2.15. The lowest BCUT2D eigenvalue weighted by molar-refractivity contribution is -0.119. The molecule has 18 heavy (non-hydrogen) atoms. The molecule has 1 amide bonds. The molecule has 2 N–H and O–H groups in total. The Hall–Kier alpha value is -1.84. The summed E-state index contributed by atoms with van der Waals surface area (Å²) < 4.78 is 0. The van der Waals surface area contributed by atoms with Crippen molar-refractivity contribution in [3.05, 3.63) is 29.7 Å². The molecule has 96 valence electrons. The Bertz CT molecular complexity index is 578. The lowest BCUT2D eigenvalue weighted by atomic mass is 9.88. The molecule has 0 aliphatic carbocycles. The second-order valence-electron chi connectivity index (χ2n) is 5.50. The van der Waals surface area contributed by atoms with E-state index in [1.54, 1.807) is 19.4 Å². The first-order valence-electron chi connectivity index (χ1n) is 6.09. The average molecular weight is 245 g/mol. The number of pyridine rings is 1. The van der Waals surface area contributed by atoms with Gasteiger partial charge in [-0.05, 0) is 11.6 Å². The van der Waals surface area contributed by atoms with Crippen LogP contribution < -0.4 is 5.32 Å². The smallest absolute Gasteiger partial charge is 0.224 e. The van der Waals surface area contributed by atoms with E-state index in [0.717, 1.165) is 22.2 Å². The fraction of sp³-hybridized carbons (Fsp3) is 0.429. The number of carbonyl (C=O) groups is 1. The molecule has 2 rings (SSSR count). The Kier molecular flexibility index (Phi) is 3.11. The minimum atomic E-state index is -0.0254. The van der Waals surface area contributed by atoms with Gasteiger partial charge in [0, 0.05) is 29.7 Å². The summed E-state index contributed by atoms with van der Waals surface area (Å²) in [6, 6.07) is 1.96. The number of fused-ring (bicyclic) bond motifs is 1. The summed E-state index contributed by atoms with van der Waals surface area (Å²) in [5, 5.41) is 3.76. The van der Waals surface area contributed by atoms with Gasteiger partial charge in [-0.2, -0.15) is 0 Å². The van der Waals surface area contributed by atoms with Crippen LogP contribution in [0.25, 0.3) is 10.9 Å². The number of aromatic amines is 1. The Morgan fingerprint density at radius 3 is 2.78 bits per heavy atom. The predicted molar refractivity (Wildman–Crippen MR) is 72.6 cm³/mol. The van der Waals surface area contributed by atoms with E-state index in [1.165, 1.54) is 0 Å². The zero-order chi connectivity index (χ0) is 13.3. The number of nitrogens with one attached hydrogen (secondary N) is 2. The number of hydrogen-bond acceptors (Lipinski definition) is 2. The molecule has 0 aromatic carbocycles. The lowest BCUT2D eigenvalue weighted by Crippen LogP contribution is -2.22. The van der Waals surface area contributed by atoms with Crippen LogP contribution in [0, 0.1) is 0 Å². The molecule has 4 heteroatoms. The van der Waals surface area contributed by atoms with Gasteiger partial charge < -0.3 is 10.3 Å². The fourth-order valence-electron chi connectivity index (χ4n) is 2.17. The molecular weight excluding hydrogens is 226 g/mol. The van der Waals surface area contributed by atoms with E-state index in [9.17, 15) is 4.79 Å². The van der Waals surface area contributed by atoms with E-state index in [0.29, 0.717) is 6.42 Å². The molecule has 0 unspecified atom stereocenters. The van der Waals surface area contributed by atoms with Crippen molar-refractivity contribution in [3.63, 3.8) is 0 Å². The SMILES string of the molecule is CNC(=O)Cc1c(C(C)(C)C)[nH]c2cnccc12. The molecule has 0 spiro atoms. The Balaban J connectivity index is 2.62. The highest BCUT2D eigenvalue weighted by Crippen LogP contribution is 2.31. The summed E-state index contributed by atoms with van der Waals surface area (Å²) in [7, 11) is 1.66. The van der Waals surface area contributed by atoms with Crippen LogP contribution in [0.5, 0.6) is 0 Å². The highest BCUT2D eigenvalue weighted by Gasteiger charge is 2.23. The second kappa shape index (κ2) is 4.44. The first kappa shape index (κ1) is 12.6. The number of likely N-dealkylation sites (N-methyl/N-ethyl adjacent to an activating group) is 1. The monoisotopic (exact) mass is 245 g/mol. The maximum absolute atomic E-state index is 11.7. The van der Waals surface area contributed by atoms with E-state index in [2.05, 4.69) is 36.1 Å². The number of rotatable bonds is 2. The summed E-state index contributed by atoms with van der Waals surface area (Å²) in [5.41, 5.74) is 3.14.